The molecule has 0 unspecified atom stereocenters. The van der Waals surface area contributed by atoms with Crippen molar-refractivity contribution in [2.24, 2.45) is 5.73 Å². The van der Waals surface area contributed by atoms with Crippen LogP contribution in [0.15, 0.2) is 0 Å². The zero-order chi connectivity index (χ0) is 9.70. The van der Waals surface area contributed by atoms with Crippen LogP contribution >= 0.6 is 0 Å². The normalized spacial score (nSPS) is 7.64. The smallest absolute Gasteiger partial charge is 0.00128 e. The Balaban J connectivity index is -0.000000138. The average Bonchev–Trinajstić information content (AvgIpc) is 2.08. The van der Waals surface area contributed by atoms with E-state index in [9.17, 15) is 0 Å². The van der Waals surface area contributed by atoms with Crippen molar-refractivity contribution in [1.82, 2.24) is 4.90 Å². The first kappa shape index (κ1) is 17.1. The Bertz CT molecular complexity index is 36.5. The Labute approximate surface area is 72.8 Å². The van der Waals surface area contributed by atoms with Gasteiger partial charge in [-0.05, 0) is 33.6 Å². The third-order valence-corrected chi connectivity index (χ3v) is 0.809. The quantitative estimate of drug-likeness (QED) is 0.687. The van der Waals surface area contributed by atoms with Crippen LogP contribution in [0.5, 0.6) is 0 Å². The Morgan fingerprint density at radius 1 is 1.00 bits per heavy atom. The monoisotopic (exact) mass is 162 g/mol. The summed E-state index contributed by atoms with van der Waals surface area (Å²) in [6.45, 7) is 9.91. The van der Waals surface area contributed by atoms with Crippen molar-refractivity contribution < 1.29 is 0 Å². The summed E-state index contributed by atoms with van der Waals surface area (Å²) in [5, 5.41) is 0. The largest absolute Gasteiger partial charge is 0.330 e. The van der Waals surface area contributed by atoms with Gasteiger partial charge in [0.15, 0.2) is 0 Å². The van der Waals surface area contributed by atoms with Gasteiger partial charge in [-0.1, -0.05) is 27.7 Å². The highest BCUT2D eigenvalue weighted by Crippen LogP contribution is 1.76. The maximum atomic E-state index is 5.25. The molecule has 0 spiro atoms. The fraction of sp³-hybridized carbons (Fsp3) is 1.00. The fourth-order valence-corrected chi connectivity index (χ4v) is 0.408. The van der Waals surface area contributed by atoms with Crippen LogP contribution in [0.4, 0.5) is 0 Å². The molecule has 0 saturated heterocycles. The predicted molar refractivity (Wildman–Crippen MR) is 54.9 cm³/mol. The maximum Gasteiger partial charge on any atom is -0.00128 e. The second-order valence-electron chi connectivity index (χ2n) is 1.95. The van der Waals surface area contributed by atoms with E-state index in [0.717, 1.165) is 19.5 Å². The highest BCUT2D eigenvalue weighted by atomic mass is 15.0. The number of rotatable bonds is 3. The second kappa shape index (κ2) is 22.5. The van der Waals surface area contributed by atoms with Crippen LogP contribution in [0.3, 0.4) is 0 Å². The van der Waals surface area contributed by atoms with Gasteiger partial charge in [-0.15, -0.1) is 0 Å². The van der Waals surface area contributed by atoms with E-state index >= 15 is 0 Å². The minimum atomic E-state index is 0.804. The summed E-state index contributed by atoms with van der Waals surface area (Å²) in [4.78, 5) is 2.13. The summed E-state index contributed by atoms with van der Waals surface area (Å²) in [5.41, 5.74) is 5.25. The molecule has 2 N–H and O–H groups in total. The molecule has 0 heterocycles. The molecule has 0 rings (SSSR count). The van der Waals surface area contributed by atoms with Crippen molar-refractivity contribution in [2.45, 2.75) is 34.1 Å². The number of hydrogen-bond donors (Lipinski definition) is 1. The van der Waals surface area contributed by atoms with E-state index in [1.54, 1.807) is 0 Å². The SMILES string of the molecule is CC.CC.CN(C)CCCN. The molecule has 2 heteroatoms. The lowest BCUT2D eigenvalue weighted by molar-refractivity contribution is 0.403. The third-order valence-electron chi connectivity index (χ3n) is 0.809. The van der Waals surface area contributed by atoms with E-state index in [1.807, 2.05) is 27.7 Å². The Morgan fingerprint density at radius 3 is 1.45 bits per heavy atom. The molecule has 0 bridgehead atoms. The molecule has 72 valence electrons. The summed E-state index contributed by atoms with van der Waals surface area (Å²) in [6, 6.07) is 0. The summed E-state index contributed by atoms with van der Waals surface area (Å²) in [5.74, 6) is 0. The van der Waals surface area contributed by atoms with Crippen LogP contribution in [0.25, 0.3) is 0 Å². The van der Waals surface area contributed by atoms with Crippen LogP contribution in [0, 0.1) is 0 Å². The molecular weight excluding hydrogens is 136 g/mol. The van der Waals surface area contributed by atoms with Gasteiger partial charge in [0.25, 0.3) is 0 Å². The summed E-state index contributed by atoms with van der Waals surface area (Å²) < 4.78 is 0. The lowest BCUT2D eigenvalue weighted by Crippen LogP contribution is -2.16. The van der Waals surface area contributed by atoms with Gasteiger partial charge < -0.3 is 10.6 Å². The fourth-order valence-electron chi connectivity index (χ4n) is 0.408. The number of nitrogens with two attached hydrogens (primary N) is 1. The molecule has 0 aromatic rings. The molecule has 0 aliphatic carbocycles. The molecule has 0 radical (unpaired) electrons. The van der Waals surface area contributed by atoms with Crippen LogP contribution in [0.2, 0.25) is 0 Å². The highest BCUT2D eigenvalue weighted by Gasteiger charge is 1.83. The van der Waals surface area contributed by atoms with Gasteiger partial charge in [0.05, 0.1) is 0 Å². The molecule has 2 nitrogen and oxygen atoms in total. The van der Waals surface area contributed by atoms with Gasteiger partial charge >= 0.3 is 0 Å². The topological polar surface area (TPSA) is 29.3 Å². The predicted octanol–water partition coefficient (Wildman–Crippen LogP) is 1.95. The van der Waals surface area contributed by atoms with Crippen molar-refractivity contribution in [1.29, 1.82) is 0 Å². The van der Waals surface area contributed by atoms with Gasteiger partial charge in [-0.25, -0.2) is 0 Å². The maximum absolute atomic E-state index is 5.25. The van der Waals surface area contributed by atoms with E-state index in [-0.39, 0.29) is 0 Å². The van der Waals surface area contributed by atoms with Gasteiger partial charge in [-0.2, -0.15) is 0 Å². The van der Waals surface area contributed by atoms with Crippen molar-refractivity contribution in [3.05, 3.63) is 0 Å². The van der Waals surface area contributed by atoms with Gasteiger partial charge in [-0.3, -0.25) is 0 Å². The molecule has 11 heavy (non-hydrogen) atoms. The van der Waals surface area contributed by atoms with E-state index in [1.165, 1.54) is 0 Å². The molecule has 0 atom stereocenters. The first-order chi connectivity index (χ1) is 5.27. The zero-order valence-corrected chi connectivity index (χ0v) is 9.15. The van der Waals surface area contributed by atoms with Crippen molar-refractivity contribution in [3.8, 4) is 0 Å². The van der Waals surface area contributed by atoms with Gasteiger partial charge in [0.2, 0.25) is 0 Å². The lowest BCUT2D eigenvalue weighted by atomic mass is 10.4. The van der Waals surface area contributed by atoms with E-state index in [2.05, 4.69) is 19.0 Å². The molecule has 0 saturated carbocycles. The van der Waals surface area contributed by atoms with E-state index < -0.39 is 0 Å². The average molecular weight is 162 g/mol. The number of hydrogen-bond acceptors (Lipinski definition) is 2. The molecule has 0 aromatic heterocycles. The minimum Gasteiger partial charge on any atom is -0.330 e. The van der Waals surface area contributed by atoms with Crippen LogP contribution in [-0.4, -0.2) is 32.1 Å². The molecule has 0 aliphatic heterocycles. The van der Waals surface area contributed by atoms with Gasteiger partial charge in [0.1, 0.15) is 0 Å². The van der Waals surface area contributed by atoms with Crippen LogP contribution < -0.4 is 5.73 Å². The second-order valence-corrected chi connectivity index (χ2v) is 1.95. The Morgan fingerprint density at radius 2 is 1.36 bits per heavy atom. The van der Waals surface area contributed by atoms with E-state index in [0.29, 0.717) is 0 Å². The van der Waals surface area contributed by atoms with Crippen molar-refractivity contribution in [3.63, 3.8) is 0 Å². The standard InChI is InChI=1S/C5H14N2.2C2H6/c1-7(2)5-3-4-6;2*1-2/h3-6H2,1-2H3;2*1-2H3. The first-order valence-electron chi connectivity index (χ1n) is 4.62. The number of nitrogens with zero attached hydrogens (tertiary/aromatic N) is 1. The highest BCUT2D eigenvalue weighted by molar-refractivity contribution is 4.42. The summed E-state index contributed by atoms with van der Waals surface area (Å²) >= 11 is 0. The Hall–Kier alpha value is -0.0800. The van der Waals surface area contributed by atoms with Crippen molar-refractivity contribution in [2.75, 3.05) is 27.2 Å². The summed E-state index contributed by atoms with van der Waals surface area (Å²) in [6.07, 6.45) is 1.10. The Kier molecular flexibility index (Phi) is 35.1. The van der Waals surface area contributed by atoms with Gasteiger partial charge in [0, 0.05) is 0 Å². The first-order valence-corrected chi connectivity index (χ1v) is 4.62. The molecule has 0 aliphatic rings. The zero-order valence-electron chi connectivity index (χ0n) is 9.15. The van der Waals surface area contributed by atoms with E-state index in [4.69, 9.17) is 5.73 Å². The van der Waals surface area contributed by atoms with Crippen LogP contribution in [-0.2, 0) is 0 Å². The molecule has 0 aromatic carbocycles. The summed E-state index contributed by atoms with van der Waals surface area (Å²) in [7, 11) is 4.10. The minimum absolute atomic E-state index is 0.804. The molecule has 0 amide bonds. The van der Waals surface area contributed by atoms with Crippen molar-refractivity contribution >= 4 is 0 Å². The molecule has 0 fully saturated rings. The van der Waals surface area contributed by atoms with Crippen LogP contribution in [0.1, 0.15) is 34.1 Å². The molecular formula is C9H26N2. The third kappa shape index (κ3) is 40.5. The lowest BCUT2D eigenvalue weighted by Gasteiger charge is -2.05.